The zero-order valence-electron chi connectivity index (χ0n) is 11.1. The van der Waals surface area contributed by atoms with E-state index in [1.54, 1.807) is 0 Å². The molecule has 0 radical (unpaired) electrons. The molecule has 0 fully saturated rings. The van der Waals surface area contributed by atoms with Crippen molar-refractivity contribution in [3.05, 3.63) is 0 Å². The predicted octanol–water partition coefficient (Wildman–Crippen LogP) is 5.67. The summed E-state index contributed by atoms with van der Waals surface area (Å²) in [4.78, 5) is 0. The number of hydrogen-bond donors (Lipinski definition) is 0. The molecule has 0 saturated carbocycles. The zero-order valence-corrected chi connectivity index (χ0v) is 11.1. The Kier molecular flexibility index (Phi) is 32.7. The van der Waals surface area contributed by atoms with Crippen molar-refractivity contribution in [3.8, 4) is 0 Å². The molecule has 0 aromatic heterocycles. The van der Waals surface area contributed by atoms with E-state index in [1.807, 2.05) is 27.7 Å². The van der Waals surface area contributed by atoms with Crippen molar-refractivity contribution in [1.29, 1.82) is 0 Å². The van der Waals surface area contributed by atoms with Gasteiger partial charge in [-0.25, -0.2) is 0 Å². The van der Waals surface area contributed by atoms with Crippen LogP contribution < -0.4 is 0 Å². The predicted molar refractivity (Wildman–Crippen MR) is 66.3 cm³/mol. The maximum Gasteiger partial charge on any atom is -0.0417 e. The van der Waals surface area contributed by atoms with Gasteiger partial charge in [0.15, 0.2) is 0 Å². The molecule has 0 heterocycles. The Balaban J connectivity index is -0.000000218. The molecule has 0 aliphatic carbocycles. The molecule has 0 heteroatoms. The molecule has 0 spiro atoms. The van der Waals surface area contributed by atoms with Gasteiger partial charge in [0.25, 0.3) is 0 Å². The van der Waals surface area contributed by atoms with Crippen molar-refractivity contribution in [2.45, 2.75) is 80.6 Å². The second-order valence-corrected chi connectivity index (χ2v) is 2.85. The normalized spacial score (nSPS) is 8.31. The summed E-state index contributed by atoms with van der Waals surface area (Å²) in [6.45, 7) is 14.9. The van der Waals surface area contributed by atoms with Crippen LogP contribution in [-0.2, 0) is 0 Å². The summed E-state index contributed by atoms with van der Waals surface area (Å²) in [5, 5.41) is 0. The van der Waals surface area contributed by atoms with Crippen LogP contribution >= 0.6 is 0 Å². The maximum atomic E-state index is 2.30. The minimum atomic E-state index is 1.01. The third-order valence-corrected chi connectivity index (χ3v) is 1.97. The molecule has 0 bridgehead atoms. The van der Waals surface area contributed by atoms with Gasteiger partial charge in [0.1, 0.15) is 0 Å². The van der Waals surface area contributed by atoms with Gasteiger partial charge in [-0.1, -0.05) is 80.6 Å². The van der Waals surface area contributed by atoms with Crippen LogP contribution in [-0.4, -0.2) is 0 Å². The van der Waals surface area contributed by atoms with Crippen LogP contribution in [0.1, 0.15) is 80.6 Å². The van der Waals surface area contributed by atoms with Gasteiger partial charge in [-0.15, -0.1) is 0 Å². The van der Waals surface area contributed by atoms with Crippen LogP contribution in [0.25, 0.3) is 0 Å². The molecule has 13 heavy (non-hydrogen) atoms. The molecule has 0 aliphatic rings. The van der Waals surface area contributed by atoms with Crippen LogP contribution in [0.5, 0.6) is 0 Å². The Morgan fingerprint density at radius 1 is 0.692 bits per heavy atom. The molecule has 0 unspecified atom stereocenters. The van der Waals surface area contributed by atoms with Crippen LogP contribution in [0.15, 0.2) is 0 Å². The topological polar surface area (TPSA) is 0 Å². The first-order chi connectivity index (χ1) is 6.35. The van der Waals surface area contributed by atoms with Crippen molar-refractivity contribution < 1.29 is 0 Å². The lowest BCUT2D eigenvalue weighted by Gasteiger charge is -2.10. The van der Waals surface area contributed by atoms with Crippen LogP contribution in [0.2, 0.25) is 0 Å². The van der Waals surface area contributed by atoms with Crippen molar-refractivity contribution >= 4 is 0 Å². The fourth-order valence-corrected chi connectivity index (χ4v) is 1.37. The van der Waals surface area contributed by atoms with Gasteiger partial charge in [0.05, 0.1) is 0 Å². The summed E-state index contributed by atoms with van der Waals surface area (Å²) in [6, 6.07) is 0. The van der Waals surface area contributed by atoms with Crippen molar-refractivity contribution in [2.24, 2.45) is 5.92 Å². The lowest BCUT2D eigenvalue weighted by molar-refractivity contribution is 0.427. The summed E-state index contributed by atoms with van der Waals surface area (Å²) in [6.07, 6.45) is 6.97. The SMILES string of the molecule is CC.CC.CCCC(CC)CCC. The van der Waals surface area contributed by atoms with Crippen molar-refractivity contribution in [3.63, 3.8) is 0 Å². The van der Waals surface area contributed by atoms with E-state index in [0.29, 0.717) is 0 Å². The van der Waals surface area contributed by atoms with Gasteiger partial charge in [-0.2, -0.15) is 0 Å². The molecule has 0 N–H and O–H groups in total. The average Bonchev–Trinajstić information content (AvgIpc) is 2.23. The third kappa shape index (κ3) is 18.8. The highest BCUT2D eigenvalue weighted by Crippen LogP contribution is 2.16. The van der Waals surface area contributed by atoms with Crippen molar-refractivity contribution in [2.75, 3.05) is 0 Å². The van der Waals surface area contributed by atoms with Gasteiger partial charge in [-0.3, -0.25) is 0 Å². The van der Waals surface area contributed by atoms with Gasteiger partial charge in [-0.05, 0) is 5.92 Å². The Bertz CT molecular complexity index is 42.0. The highest BCUT2D eigenvalue weighted by atomic mass is 14.1. The lowest BCUT2D eigenvalue weighted by atomic mass is 9.96. The summed E-state index contributed by atoms with van der Waals surface area (Å²) < 4.78 is 0. The van der Waals surface area contributed by atoms with Crippen LogP contribution in [0.4, 0.5) is 0 Å². The summed E-state index contributed by atoms with van der Waals surface area (Å²) in [5.74, 6) is 1.01. The summed E-state index contributed by atoms with van der Waals surface area (Å²) in [5.41, 5.74) is 0. The third-order valence-electron chi connectivity index (χ3n) is 1.97. The Morgan fingerprint density at radius 2 is 1.00 bits per heavy atom. The molecule has 84 valence electrons. The number of hydrogen-bond acceptors (Lipinski definition) is 0. The van der Waals surface area contributed by atoms with E-state index in [2.05, 4.69) is 20.8 Å². The quantitative estimate of drug-likeness (QED) is 0.522. The van der Waals surface area contributed by atoms with Crippen molar-refractivity contribution in [1.82, 2.24) is 0 Å². The van der Waals surface area contributed by atoms with E-state index in [4.69, 9.17) is 0 Å². The largest absolute Gasteiger partial charge is 0.0683 e. The molecule has 0 aromatic rings. The first kappa shape index (κ1) is 18.7. The Hall–Kier alpha value is 0. The van der Waals surface area contributed by atoms with Gasteiger partial charge >= 0.3 is 0 Å². The summed E-state index contributed by atoms with van der Waals surface area (Å²) >= 11 is 0. The standard InChI is InChI=1S/C9H20.2C2H6/c1-4-7-9(6-3)8-5-2;2*1-2/h9H,4-8H2,1-3H3;2*1-2H3. The van der Waals surface area contributed by atoms with Crippen LogP contribution in [0, 0.1) is 5.92 Å². The number of rotatable bonds is 5. The second-order valence-electron chi connectivity index (χ2n) is 2.85. The van der Waals surface area contributed by atoms with E-state index >= 15 is 0 Å². The highest BCUT2D eigenvalue weighted by Gasteiger charge is 2.01. The Labute approximate surface area is 87.1 Å². The highest BCUT2D eigenvalue weighted by molar-refractivity contribution is 4.54. The van der Waals surface area contributed by atoms with Crippen LogP contribution in [0.3, 0.4) is 0 Å². The first-order valence-electron chi connectivity index (χ1n) is 6.35. The molecule has 0 rings (SSSR count). The molecule has 0 aromatic carbocycles. The van der Waals surface area contributed by atoms with Gasteiger partial charge in [0.2, 0.25) is 0 Å². The lowest BCUT2D eigenvalue weighted by Crippen LogP contribution is -1.96. The molecular weight excluding hydrogens is 156 g/mol. The van der Waals surface area contributed by atoms with E-state index in [9.17, 15) is 0 Å². The fourth-order valence-electron chi connectivity index (χ4n) is 1.37. The fraction of sp³-hybridized carbons (Fsp3) is 1.00. The average molecular weight is 188 g/mol. The second kappa shape index (κ2) is 22.7. The molecule has 0 nitrogen and oxygen atoms in total. The van der Waals surface area contributed by atoms with E-state index in [0.717, 1.165) is 5.92 Å². The summed E-state index contributed by atoms with van der Waals surface area (Å²) in [7, 11) is 0. The van der Waals surface area contributed by atoms with E-state index < -0.39 is 0 Å². The Morgan fingerprint density at radius 3 is 1.15 bits per heavy atom. The van der Waals surface area contributed by atoms with E-state index in [1.165, 1.54) is 32.1 Å². The molecule has 0 atom stereocenters. The first-order valence-corrected chi connectivity index (χ1v) is 6.35. The minimum absolute atomic E-state index is 1.01. The van der Waals surface area contributed by atoms with Gasteiger partial charge in [0, 0.05) is 0 Å². The van der Waals surface area contributed by atoms with Gasteiger partial charge < -0.3 is 0 Å². The minimum Gasteiger partial charge on any atom is -0.0683 e. The molecule has 0 amide bonds. The van der Waals surface area contributed by atoms with E-state index in [-0.39, 0.29) is 0 Å². The molecule has 0 aliphatic heterocycles. The zero-order chi connectivity index (χ0) is 11.1. The maximum absolute atomic E-state index is 2.30. The smallest absolute Gasteiger partial charge is 0.0417 e. The monoisotopic (exact) mass is 188 g/mol. The molecule has 0 saturated heterocycles. The molecular formula is C13H32.